The van der Waals surface area contributed by atoms with Gasteiger partial charge in [0.25, 0.3) is 0 Å². The van der Waals surface area contributed by atoms with E-state index in [1.54, 1.807) is 24.3 Å². The van der Waals surface area contributed by atoms with Crippen LogP contribution >= 0.6 is 22.9 Å². The summed E-state index contributed by atoms with van der Waals surface area (Å²) in [6.07, 6.45) is -0.649. The van der Waals surface area contributed by atoms with Crippen molar-refractivity contribution in [3.05, 3.63) is 63.2 Å². The van der Waals surface area contributed by atoms with E-state index in [9.17, 15) is 9.59 Å². The summed E-state index contributed by atoms with van der Waals surface area (Å²) < 4.78 is 7.36. The molecule has 22 heavy (non-hydrogen) atoms. The van der Waals surface area contributed by atoms with Gasteiger partial charge in [0.05, 0.1) is 10.2 Å². The molecule has 0 radical (unpaired) electrons. The first kappa shape index (κ1) is 14.6. The summed E-state index contributed by atoms with van der Waals surface area (Å²) >= 11 is 6.95. The molecule has 3 rings (SSSR count). The van der Waals surface area contributed by atoms with E-state index < -0.39 is 6.09 Å². The summed E-state index contributed by atoms with van der Waals surface area (Å²) in [5, 5.41) is 3.07. The molecular formula is C15H11ClN2O3S. The molecule has 1 aromatic heterocycles. The highest BCUT2D eigenvalue weighted by Gasteiger charge is 2.09. The number of nitrogens with one attached hydrogen (secondary N) is 1. The lowest BCUT2D eigenvalue weighted by atomic mass is 10.3. The average Bonchev–Trinajstić information content (AvgIpc) is 2.80. The third-order valence-electron chi connectivity index (χ3n) is 2.97. The van der Waals surface area contributed by atoms with Crippen molar-refractivity contribution in [1.82, 2.24) is 4.57 Å². The van der Waals surface area contributed by atoms with E-state index in [1.807, 2.05) is 24.3 Å². The van der Waals surface area contributed by atoms with Crippen LogP contribution in [0.5, 0.6) is 0 Å². The van der Waals surface area contributed by atoms with Crippen LogP contribution in [0.1, 0.15) is 0 Å². The van der Waals surface area contributed by atoms with Gasteiger partial charge in [0.2, 0.25) is 0 Å². The van der Waals surface area contributed by atoms with Crippen molar-refractivity contribution in [2.24, 2.45) is 0 Å². The number of halogens is 1. The smallest absolute Gasteiger partial charge is 0.413 e. The molecule has 7 heteroatoms. The van der Waals surface area contributed by atoms with E-state index in [0.29, 0.717) is 10.7 Å². The van der Waals surface area contributed by atoms with Crippen molar-refractivity contribution >= 4 is 44.9 Å². The summed E-state index contributed by atoms with van der Waals surface area (Å²) in [6, 6.07) is 14.1. The quantitative estimate of drug-likeness (QED) is 0.789. The molecule has 0 aliphatic heterocycles. The van der Waals surface area contributed by atoms with Crippen LogP contribution in [0, 0.1) is 0 Å². The van der Waals surface area contributed by atoms with E-state index in [-0.39, 0.29) is 11.6 Å². The predicted molar refractivity (Wildman–Crippen MR) is 87.6 cm³/mol. The molecule has 0 saturated heterocycles. The van der Waals surface area contributed by atoms with Gasteiger partial charge in [-0.2, -0.15) is 0 Å². The first-order valence-electron chi connectivity index (χ1n) is 6.41. The normalized spacial score (nSPS) is 10.6. The number of rotatable bonds is 3. The van der Waals surface area contributed by atoms with E-state index in [2.05, 4.69) is 5.32 Å². The maximum Gasteiger partial charge on any atom is 0.413 e. The lowest BCUT2D eigenvalue weighted by molar-refractivity contribution is 0.129. The Morgan fingerprint density at radius 2 is 2.05 bits per heavy atom. The van der Waals surface area contributed by atoms with Crippen LogP contribution in [0.3, 0.4) is 0 Å². The average molecular weight is 335 g/mol. The Balaban J connectivity index is 1.70. The van der Waals surface area contributed by atoms with Crippen LogP contribution in [0.15, 0.2) is 53.3 Å². The minimum Gasteiger partial charge on any atom is -0.427 e. The van der Waals surface area contributed by atoms with Crippen LogP contribution in [0.4, 0.5) is 10.5 Å². The SMILES string of the molecule is O=C(Nc1cccc(Cl)c1)OCn1c(=O)sc2ccccc21. The molecule has 0 spiro atoms. The first-order chi connectivity index (χ1) is 10.6. The fraction of sp³-hybridized carbons (Fsp3) is 0.0667. The Morgan fingerprint density at radius 1 is 1.23 bits per heavy atom. The highest BCUT2D eigenvalue weighted by Crippen LogP contribution is 2.17. The zero-order valence-corrected chi connectivity index (χ0v) is 12.9. The van der Waals surface area contributed by atoms with Gasteiger partial charge in [-0.05, 0) is 30.3 Å². The van der Waals surface area contributed by atoms with Crippen LogP contribution in [0.2, 0.25) is 5.02 Å². The van der Waals surface area contributed by atoms with Crippen LogP contribution < -0.4 is 10.2 Å². The molecule has 0 atom stereocenters. The summed E-state index contributed by atoms with van der Waals surface area (Å²) in [4.78, 5) is 23.5. The van der Waals surface area contributed by atoms with Crippen molar-refractivity contribution in [3.8, 4) is 0 Å². The molecule has 0 saturated carbocycles. The summed E-state index contributed by atoms with van der Waals surface area (Å²) in [5.41, 5.74) is 1.27. The first-order valence-corrected chi connectivity index (χ1v) is 7.60. The van der Waals surface area contributed by atoms with Gasteiger partial charge in [-0.1, -0.05) is 41.1 Å². The maximum absolute atomic E-state index is 11.9. The number of anilines is 1. The van der Waals surface area contributed by atoms with E-state index >= 15 is 0 Å². The van der Waals surface area contributed by atoms with Gasteiger partial charge in [0.1, 0.15) is 0 Å². The monoisotopic (exact) mass is 334 g/mol. The zero-order chi connectivity index (χ0) is 15.5. The van der Waals surface area contributed by atoms with Gasteiger partial charge in [-0.3, -0.25) is 14.7 Å². The summed E-state index contributed by atoms with van der Waals surface area (Å²) in [5.74, 6) is 0. The molecule has 5 nitrogen and oxygen atoms in total. The number of carbonyl (C=O) groups excluding carboxylic acids is 1. The number of hydrogen-bond donors (Lipinski definition) is 1. The molecule has 0 fully saturated rings. The predicted octanol–water partition coefficient (Wildman–Crippen LogP) is 3.92. The largest absolute Gasteiger partial charge is 0.427 e. The van der Waals surface area contributed by atoms with Gasteiger partial charge in [-0.25, -0.2) is 4.79 Å². The van der Waals surface area contributed by atoms with Crippen LogP contribution in [0.25, 0.3) is 10.2 Å². The Bertz CT molecular complexity index is 888. The minimum absolute atomic E-state index is 0.144. The topological polar surface area (TPSA) is 60.3 Å². The molecule has 1 heterocycles. The lowest BCUT2D eigenvalue weighted by Crippen LogP contribution is -2.20. The molecule has 1 amide bonds. The van der Waals surface area contributed by atoms with E-state index in [4.69, 9.17) is 16.3 Å². The van der Waals surface area contributed by atoms with Crippen molar-refractivity contribution < 1.29 is 9.53 Å². The fourth-order valence-corrected chi connectivity index (χ4v) is 3.05. The number of amides is 1. The van der Waals surface area contributed by atoms with Crippen LogP contribution in [-0.2, 0) is 11.5 Å². The van der Waals surface area contributed by atoms with Gasteiger partial charge in [-0.15, -0.1) is 0 Å². The Kier molecular flexibility index (Phi) is 4.13. The number of hydrogen-bond acceptors (Lipinski definition) is 4. The Labute approximate surface area is 134 Å². The third kappa shape index (κ3) is 3.13. The Morgan fingerprint density at radius 3 is 2.86 bits per heavy atom. The van der Waals surface area contributed by atoms with E-state index in [1.165, 1.54) is 4.57 Å². The summed E-state index contributed by atoms with van der Waals surface area (Å²) in [7, 11) is 0. The van der Waals surface area contributed by atoms with Crippen molar-refractivity contribution in [2.45, 2.75) is 6.73 Å². The second-order valence-electron chi connectivity index (χ2n) is 4.46. The molecular weight excluding hydrogens is 324 g/mol. The lowest BCUT2D eigenvalue weighted by Gasteiger charge is -2.08. The summed E-state index contributed by atoms with van der Waals surface area (Å²) in [6.45, 7) is -0.144. The molecule has 0 unspecified atom stereocenters. The maximum atomic E-state index is 11.9. The van der Waals surface area contributed by atoms with Gasteiger partial charge < -0.3 is 4.74 Å². The third-order valence-corrected chi connectivity index (χ3v) is 4.16. The number of para-hydroxylation sites is 1. The number of thiazole rings is 1. The standard InChI is InChI=1S/C15H11ClN2O3S/c16-10-4-3-5-11(8-10)17-14(19)21-9-18-12-6-1-2-7-13(12)22-15(18)20/h1-8H,9H2,(H,17,19). The number of aromatic nitrogens is 1. The number of ether oxygens (including phenoxy) is 1. The number of benzene rings is 2. The molecule has 112 valence electrons. The molecule has 2 aromatic carbocycles. The highest BCUT2D eigenvalue weighted by molar-refractivity contribution is 7.16. The molecule has 0 aliphatic rings. The number of fused-ring (bicyclic) bond motifs is 1. The van der Waals surface area contributed by atoms with Crippen molar-refractivity contribution in [1.29, 1.82) is 0 Å². The van der Waals surface area contributed by atoms with E-state index in [0.717, 1.165) is 21.6 Å². The van der Waals surface area contributed by atoms with Gasteiger partial charge >= 0.3 is 11.0 Å². The minimum atomic E-state index is -0.649. The number of carbonyl (C=O) groups is 1. The molecule has 3 aromatic rings. The van der Waals surface area contributed by atoms with Crippen molar-refractivity contribution in [2.75, 3.05) is 5.32 Å². The fourth-order valence-electron chi connectivity index (χ4n) is 1.98. The molecule has 1 N–H and O–H groups in total. The number of nitrogens with zero attached hydrogens (tertiary/aromatic N) is 1. The highest BCUT2D eigenvalue weighted by atomic mass is 35.5. The van der Waals surface area contributed by atoms with Crippen molar-refractivity contribution in [3.63, 3.8) is 0 Å². The molecule has 0 bridgehead atoms. The van der Waals surface area contributed by atoms with Crippen LogP contribution in [-0.4, -0.2) is 10.7 Å². The van der Waals surface area contributed by atoms with Gasteiger partial charge in [0, 0.05) is 10.7 Å². The molecule has 0 aliphatic carbocycles. The van der Waals surface area contributed by atoms with Gasteiger partial charge in [0.15, 0.2) is 6.73 Å². The second-order valence-corrected chi connectivity index (χ2v) is 5.89. The Hall–Kier alpha value is -2.31. The second kappa shape index (κ2) is 6.21. The zero-order valence-electron chi connectivity index (χ0n) is 11.3.